The molecule has 0 unspecified atom stereocenters. The molecule has 1 aromatic rings. The van der Waals surface area contributed by atoms with Gasteiger partial charge in [0, 0.05) is 32.1 Å². The van der Waals surface area contributed by atoms with Crippen molar-refractivity contribution in [1.82, 2.24) is 10.3 Å². The molecule has 0 amide bonds. The number of pyridine rings is 1. The number of aromatic nitrogens is 1. The molecule has 0 spiro atoms. The van der Waals surface area contributed by atoms with Gasteiger partial charge >= 0.3 is 0 Å². The maximum absolute atomic E-state index is 11.1. The normalized spacial score (nSPS) is 11.6. The van der Waals surface area contributed by atoms with Gasteiger partial charge in [0.1, 0.15) is 15.7 Å². The lowest BCUT2D eigenvalue weighted by Crippen LogP contribution is -2.26. The molecule has 6 heteroatoms. The van der Waals surface area contributed by atoms with E-state index in [1.165, 1.54) is 6.26 Å². The Labute approximate surface area is 109 Å². The van der Waals surface area contributed by atoms with E-state index in [9.17, 15) is 8.42 Å². The zero-order valence-electron chi connectivity index (χ0n) is 11.4. The van der Waals surface area contributed by atoms with Crippen molar-refractivity contribution < 1.29 is 8.42 Å². The number of rotatable bonds is 6. The predicted octanol–water partition coefficient (Wildman–Crippen LogP) is 0.590. The predicted molar refractivity (Wildman–Crippen MR) is 74.7 cm³/mol. The van der Waals surface area contributed by atoms with Gasteiger partial charge in [-0.25, -0.2) is 13.4 Å². The summed E-state index contributed by atoms with van der Waals surface area (Å²) in [7, 11) is 0.809. The van der Waals surface area contributed by atoms with Crippen LogP contribution in [0.2, 0.25) is 0 Å². The first-order chi connectivity index (χ1) is 8.31. The van der Waals surface area contributed by atoms with Gasteiger partial charge in [0.2, 0.25) is 0 Å². The summed E-state index contributed by atoms with van der Waals surface area (Å²) in [6.07, 6.45) is 1.25. The Kier molecular flexibility index (Phi) is 5.10. The quantitative estimate of drug-likeness (QED) is 0.820. The highest BCUT2D eigenvalue weighted by molar-refractivity contribution is 7.90. The van der Waals surface area contributed by atoms with E-state index in [2.05, 4.69) is 10.3 Å². The van der Waals surface area contributed by atoms with Gasteiger partial charge in [-0.05, 0) is 31.7 Å². The van der Waals surface area contributed by atoms with Crippen LogP contribution >= 0.6 is 0 Å². The highest BCUT2D eigenvalue weighted by Crippen LogP contribution is 2.13. The van der Waals surface area contributed by atoms with Gasteiger partial charge in [0.25, 0.3) is 0 Å². The average molecular weight is 271 g/mol. The molecule has 1 aromatic heterocycles. The van der Waals surface area contributed by atoms with E-state index in [0.29, 0.717) is 6.54 Å². The smallest absolute Gasteiger partial charge is 0.149 e. The largest absolute Gasteiger partial charge is 0.359 e. The number of sulfone groups is 1. The van der Waals surface area contributed by atoms with Crippen molar-refractivity contribution >= 4 is 15.7 Å². The Hall–Kier alpha value is -1.14. The van der Waals surface area contributed by atoms with Gasteiger partial charge in [-0.1, -0.05) is 0 Å². The fraction of sp³-hybridized carbons (Fsp3) is 0.583. The van der Waals surface area contributed by atoms with Gasteiger partial charge in [-0.3, -0.25) is 0 Å². The summed E-state index contributed by atoms with van der Waals surface area (Å²) in [6, 6.07) is 4.00. The Morgan fingerprint density at radius 3 is 2.61 bits per heavy atom. The van der Waals surface area contributed by atoms with Gasteiger partial charge < -0.3 is 10.2 Å². The molecule has 0 fully saturated rings. The van der Waals surface area contributed by atoms with Crippen LogP contribution in [0.3, 0.4) is 0 Å². The lowest BCUT2D eigenvalue weighted by atomic mass is 10.2. The van der Waals surface area contributed by atoms with Gasteiger partial charge in [-0.15, -0.1) is 0 Å². The first-order valence-electron chi connectivity index (χ1n) is 5.83. The standard InChI is InChI=1S/C12H21N3O2S/c1-10-7-11(9-13-2)8-12(14-10)15(3)5-6-18(4,16)17/h7-8,13H,5-6,9H2,1-4H3. The molecule has 0 aliphatic heterocycles. The molecule has 102 valence electrons. The summed E-state index contributed by atoms with van der Waals surface area (Å²) in [5.41, 5.74) is 2.08. The van der Waals surface area contributed by atoms with Crippen LogP contribution in [0.5, 0.6) is 0 Å². The molecule has 0 atom stereocenters. The molecule has 0 saturated carbocycles. The van der Waals surface area contributed by atoms with E-state index in [0.717, 1.165) is 23.6 Å². The van der Waals surface area contributed by atoms with Crippen molar-refractivity contribution in [1.29, 1.82) is 0 Å². The van der Waals surface area contributed by atoms with Crippen molar-refractivity contribution in [2.24, 2.45) is 0 Å². The fourth-order valence-corrected chi connectivity index (χ4v) is 2.25. The molecule has 1 heterocycles. The maximum atomic E-state index is 11.1. The molecule has 0 radical (unpaired) electrons. The number of aryl methyl sites for hydroxylation is 1. The second-order valence-corrected chi connectivity index (χ2v) is 6.82. The molecule has 5 nitrogen and oxygen atoms in total. The van der Waals surface area contributed by atoms with Crippen molar-refractivity contribution in [2.45, 2.75) is 13.5 Å². The van der Waals surface area contributed by atoms with Crippen LogP contribution in [0.1, 0.15) is 11.3 Å². The minimum Gasteiger partial charge on any atom is -0.359 e. The van der Waals surface area contributed by atoms with Crippen molar-refractivity contribution in [3.8, 4) is 0 Å². The van der Waals surface area contributed by atoms with Crippen LogP contribution in [0.15, 0.2) is 12.1 Å². The van der Waals surface area contributed by atoms with Crippen LogP contribution < -0.4 is 10.2 Å². The van der Waals surface area contributed by atoms with Gasteiger partial charge in [0.05, 0.1) is 5.75 Å². The lowest BCUT2D eigenvalue weighted by molar-refractivity contribution is 0.601. The summed E-state index contributed by atoms with van der Waals surface area (Å²) < 4.78 is 22.3. The average Bonchev–Trinajstić information content (AvgIpc) is 2.24. The molecule has 1 N–H and O–H groups in total. The van der Waals surface area contributed by atoms with Gasteiger partial charge in [0.15, 0.2) is 0 Å². The number of nitrogens with zero attached hydrogens (tertiary/aromatic N) is 2. The van der Waals surface area contributed by atoms with Crippen LogP contribution in [-0.2, 0) is 16.4 Å². The van der Waals surface area contributed by atoms with E-state index in [1.54, 1.807) is 0 Å². The monoisotopic (exact) mass is 271 g/mol. The molecule has 0 saturated heterocycles. The van der Waals surface area contributed by atoms with Crippen molar-refractivity contribution in [3.05, 3.63) is 23.4 Å². The first kappa shape index (κ1) is 14.9. The molecular weight excluding hydrogens is 250 g/mol. The summed E-state index contributed by atoms with van der Waals surface area (Å²) in [6.45, 7) is 3.16. The van der Waals surface area contributed by atoms with E-state index in [1.807, 2.05) is 38.1 Å². The first-order valence-corrected chi connectivity index (χ1v) is 7.89. The molecule has 0 aliphatic rings. The van der Waals surface area contributed by atoms with Crippen LogP contribution in [0.4, 0.5) is 5.82 Å². The minimum atomic E-state index is -2.94. The molecular formula is C12H21N3O2S. The molecule has 0 aliphatic carbocycles. The number of hydrogen-bond donors (Lipinski definition) is 1. The van der Waals surface area contributed by atoms with E-state index in [-0.39, 0.29) is 5.75 Å². The molecule has 0 bridgehead atoms. The zero-order chi connectivity index (χ0) is 13.8. The van der Waals surface area contributed by atoms with Crippen molar-refractivity contribution in [3.63, 3.8) is 0 Å². The van der Waals surface area contributed by atoms with E-state index >= 15 is 0 Å². The number of nitrogens with one attached hydrogen (secondary N) is 1. The topological polar surface area (TPSA) is 62.3 Å². The maximum Gasteiger partial charge on any atom is 0.149 e. The fourth-order valence-electron chi connectivity index (χ4n) is 1.64. The lowest BCUT2D eigenvalue weighted by Gasteiger charge is -2.19. The molecule has 1 rings (SSSR count). The van der Waals surface area contributed by atoms with Crippen LogP contribution in [0, 0.1) is 6.92 Å². The van der Waals surface area contributed by atoms with Crippen molar-refractivity contribution in [2.75, 3.05) is 37.5 Å². The second kappa shape index (κ2) is 6.15. The number of anilines is 1. The second-order valence-electron chi connectivity index (χ2n) is 4.56. The van der Waals surface area contributed by atoms with E-state index in [4.69, 9.17) is 0 Å². The third-order valence-electron chi connectivity index (χ3n) is 2.57. The third-order valence-corrected chi connectivity index (χ3v) is 3.49. The molecule has 0 aromatic carbocycles. The highest BCUT2D eigenvalue weighted by atomic mass is 32.2. The Bertz CT molecular complexity index is 500. The minimum absolute atomic E-state index is 0.139. The highest BCUT2D eigenvalue weighted by Gasteiger charge is 2.08. The summed E-state index contributed by atoms with van der Waals surface area (Å²) in [5.74, 6) is 0.949. The summed E-state index contributed by atoms with van der Waals surface area (Å²) in [5, 5.41) is 3.09. The number of hydrogen-bond acceptors (Lipinski definition) is 5. The SMILES string of the molecule is CNCc1cc(C)nc(N(C)CCS(C)(=O)=O)c1. The summed E-state index contributed by atoms with van der Waals surface area (Å²) in [4.78, 5) is 6.29. The third kappa shape index (κ3) is 5.01. The Morgan fingerprint density at radius 1 is 1.39 bits per heavy atom. The Balaban J connectivity index is 2.81. The van der Waals surface area contributed by atoms with Crippen LogP contribution in [-0.4, -0.2) is 46.1 Å². The molecule has 18 heavy (non-hydrogen) atoms. The Morgan fingerprint density at radius 2 is 2.06 bits per heavy atom. The van der Waals surface area contributed by atoms with Gasteiger partial charge in [-0.2, -0.15) is 0 Å². The summed E-state index contributed by atoms with van der Waals surface area (Å²) >= 11 is 0. The van der Waals surface area contributed by atoms with E-state index < -0.39 is 9.84 Å². The zero-order valence-corrected chi connectivity index (χ0v) is 12.2. The van der Waals surface area contributed by atoms with Crippen LogP contribution in [0.25, 0.3) is 0 Å².